The Balaban J connectivity index is 0.00000192. The van der Waals surface area contributed by atoms with Crippen LogP contribution in [0.3, 0.4) is 0 Å². The first-order valence-electron chi connectivity index (χ1n) is 7.97. The van der Waals surface area contributed by atoms with Gasteiger partial charge in [-0.1, -0.05) is 6.92 Å². The molecule has 2 N–H and O–H groups in total. The van der Waals surface area contributed by atoms with Gasteiger partial charge in [0.1, 0.15) is 5.58 Å². The average molecular weight is 337 g/mol. The van der Waals surface area contributed by atoms with Gasteiger partial charge in [0.2, 0.25) is 0 Å². The standard InChI is InChI=1S/C18H24N2O2.ClH/c1-12-8-14-10-16(22-15(14)9-13(12)2)17(21)20-11-18(3)4-6-19-7-5-18;/h8-10,19H,4-7,11H2,1-3H3,(H,20,21);1H. The van der Waals surface area contributed by atoms with Gasteiger partial charge in [-0.25, -0.2) is 0 Å². The Bertz CT molecular complexity index is 663. The van der Waals surface area contributed by atoms with Gasteiger partial charge in [-0.2, -0.15) is 0 Å². The summed E-state index contributed by atoms with van der Waals surface area (Å²) >= 11 is 0. The van der Waals surface area contributed by atoms with Gasteiger partial charge in [-0.3, -0.25) is 4.79 Å². The highest BCUT2D eigenvalue weighted by molar-refractivity contribution is 5.96. The monoisotopic (exact) mass is 336 g/mol. The van der Waals surface area contributed by atoms with Gasteiger partial charge in [0, 0.05) is 11.9 Å². The third-order valence-electron chi connectivity index (χ3n) is 4.84. The molecule has 1 aromatic carbocycles. The summed E-state index contributed by atoms with van der Waals surface area (Å²) in [5.41, 5.74) is 3.35. The Morgan fingerprint density at radius 3 is 2.57 bits per heavy atom. The average Bonchev–Trinajstić information content (AvgIpc) is 2.89. The molecule has 0 radical (unpaired) electrons. The van der Waals surface area contributed by atoms with Crippen LogP contribution in [0.25, 0.3) is 11.0 Å². The molecule has 4 nitrogen and oxygen atoms in total. The molecule has 0 bridgehead atoms. The molecular formula is C18H25ClN2O2. The lowest BCUT2D eigenvalue weighted by atomic mass is 9.81. The Morgan fingerprint density at radius 1 is 1.22 bits per heavy atom. The van der Waals surface area contributed by atoms with Crippen LogP contribution < -0.4 is 10.6 Å². The fraction of sp³-hybridized carbons (Fsp3) is 0.500. The van der Waals surface area contributed by atoms with Crippen molar-refractivity contribution in [2.24, 2.45) is 5.41 Å². The van der Waals surface area contributed by atoms with Crippen LogP contribution in [0, 0.1) is 19.3 Å². The minimum Gasteiger partial charge on any atom is -0.451 e. The van der Waals surface area contributed by atoms with Crippen molar-refractivity contribution in [1.82, 2.24) is 10.6 Å². The van der Waals surface area contributed by atoms with Crippen molar-refractivity contribution >= 4 is 29.3 Å². The van der Waals surface area contributed by atoms with Crippen LogP contribution >= 0.6 is 12.4 Å². The molecule has 1 saturated heterocycles. The molecule has 1 aliphatic rings. The molecule has 2 aromatic rings. The van der Waals surface area contributed by atoms with Gasteiger partial charge in [-0.05, 0) is 74.5 Å². The smallest absolute Gasteiger partial charge is 0.287 e. The number of carbonyl (C=O) groups is 1. The first-order valence-corrected chi connectivity index (χ1v) is 7.97. The second-order valence-corrected chi connectivity index (χ2v) is 6.83. The molecule has 1 aromatic heterocycles. The highest BCUT2D eigenvalue weighted by atomic mass is 35.5. The lowest BCUT2D eigenvalue weighted by Crippen LogP contribution is -2.42. The fourth-order valence-electron chi connectivity index (χ4n) is 3.00. The van der Waals surface area contributed by atoms with Crippen LogP contribution in [0.1, 0.15) is 41.4 Å². The SMILES string of the molecule is Cc1cc2cc(C(=O)NCC3(C)CCNCC3)oc2cc1C.Cl. The zero-order valence-corrected chi connectivity index (χ0v) is 14.8. The summed E-state index contributed by atoms with van der Waals surface area (Å²) in [4.78, 5) is 12.3. The number of fused-ring (bicyclic) bond motifs is 1. The van der Waals surface area contributed by atoms with Crippen molar-refractivity contribution in [3.63, 3.8) is 0 Å². The molecule has 5 heteroatoms. The fourth-order valence-corrected chi connectivity index (χ4v) is 3.00. The number of rotatable bonds is 3. The van der Waals surface area contributed by atoms with Crippen LogP contribution in [0.2, 0.25) is 0 Å². The van der Waals surface area contributed by atoms with Gasteiger partial charge in [0.05, 0.1) is 0 Å². The summed E-state index contributed by atoms with van der Waals surface area (Å²) < 4.78 is 5.71. The number of carbonyl (C=O) groups excluding carboxylic acids is 1. The molecule has 0 spiro atoms. The number of amides is 1. The Morgan fingerprint density at radius 2 is 1.87 bits per heavy atom. The van der Waals surface area contributed by atoms with Crippen LogP contribution in [0.4, 0.5) is 0 Å². The summed E-state index contributed by atoms with van der Waals surface area (Å²) in [5, 5.41) is 7.38. The maximum Gasteiger partial charge on any atom is 0.287 e. The molecule has 0 unspecified atom stereocenters. The van der Waals surface area contributed by atoms with Crippen molar-refractivity contribution in [2.75, 3.05) is 19.6 Å². The molecule has 1 amide bonds. The van der Waals surface area contributed by atoms with Crippen LogP contribution in [-0.2, 0) is 0 Å². The number of piperidine rings is 1. The zero-order chi connectivity index (χ0) is 15.7. The van der Waals surface area contributed by atoms with Gasteiger partial charge < -0.3 is 15.1 Å². The van der Waals surface area contributed by atoms with E-state index in [0.717, 1.165) is 36.9 Å². The molecule has 2 heterocycles. The number of aryl methyl sites for hydroxylation is 2. The van der Waals surface area contributed by atoms with Gasteiger partial charge in [0.25, 0.3) is 5.91 Å². The molecule has 23 heavy (non-hydrogen) atoms. The van der Waals surface area contributed by atoms with E-state index >= 15 is 0 Å². The molecule has 3 rings (SSSR count). The quantitative estimate of drug-likeness (QED) is 0.900. The highest BCUT2D eigenvalue weighted by Crippen LogP contribution is 2.27. The third kappa shape index (κ3) is 3.88. The minimum absolute atomic E-state index is 0. The van der Waals surface area contributed by atoms with Crippen LogP contribution in [0.5, 0.6) is 0 Å². The van der Waals surface area contributed by atoms with Crippen molar-refractivity contribution in [3.8, 4) is 0 Å². The van der Waals surface area contributed by atoms with E-state index in [-0.39, 0.29) is 23.7 Å². The van der Waals surface area contributed by atoms with Gasteiger partial charge in [-0.15, -0.1) is 12.4 Å². The molecule has 126 valence electrons. The molecular weight excluding hydrogens is 312 g/mol. The van der Waals surface area contributed by atoms with Crippen molar-refractivity contribution in [1.29, 1.82) is 0 Å². The van der Waals surface area contributed by atoms with Crippen molar-refractivity contribution in [3.05, 3.63) is 35.1 Å². The van der Waals surface area contributed by atoms with E-state index in [1.165, 1.54) is 11.1 Å². The normalized spacial score (nSPS) is 16.8. The van der Waals surface area contributed by atoms with E-state index in [9.17, 15) is 4.79 Å². The van der Waals surface area contributed by atoms with Crippen molar-refractivity contribution in [2.45, 2.75) is 33.6 Å². The van der Waals surface area contributed by atoms with Gasteiger partial charge >= 0.3 is 0 Å². The maximum absolute atomic E-state index is 12.3. The van der Waals surface area contributed by atoms with Gasteiger partial charge in [0.15, 0.2) is 5.76 Å². The second-order valence-electron chi connectivity index (χ2n) is 6.83. The first-order chi connectivity index (χ1) is 10.5. The Labute approximate surface area is 143 Å². The van der Waals surface area contributed by atoms with E-state index in [2.05, 4.69) is 37.5 Å². The molecule has 0 aliphatic carbocycles. The summed E-state index contributed by atoms with van der Waals surface area (Å²) in [6.45, 7) is 9.10. The van der Waals surface area contributed by atoms with E-state index in [1.807, 2.05) is 12.1 Å². The zero-order valence-electron chi connectivity index (χ0n) is 14.0. The molecule has 1 fully saturated rings. The van der Waals surface area contributed by atoms with E-state index < -0.39 is 0 Å². The number of benzene rings is 1. The second kappa shape index (κ2) is 6.93. The number of nitrogens with one attached hydrogen (secondary N) is 2. The first kappa shape index (κ1) is 17.8. The number of hydrogen-bond donors (Lipinski definition) is 2. The molecule has 1 aliphatic heterocycles. The van der Waals surface area contributed by atoms with Crippen molar-refractivity contribution < 1.29 is 9.21 Å². The molecule has 0 saturated carbocycles. The predicted octanol–water partition coefficient (Wildman–Crippen LogP) is 3.59. The lowest BCUT2D eigenvalue weighted by molar-refractivity contribution is 0.0896. The number of hydrogen-bond acceptors (Lipinski definition) is 3. The van der Waals surface area contributed by atoms with E-state index in [4.69, 9.17) is 4.42 Å². The summed E-state index contributed by atoms with van der Waals surface area (Å²) in [5.74, 6) is 0.281. The van der Waals surface area contributed by atoms with E-state index in [1.54, 1.807) is 0 Å². The Hall–Kier alpha value is -1.52. The highest BCUT2D eigenvalue weighted by Gasteiger charge is 2.27. The van der Waals surface area contributed by atoms with Crippen LogP contribution in [0.15, 0.2) is 22.6 Å². The topological polar surface area (TPSA) is 54.3 Å². The van der Waals surface area contributed by atoms with E-state index in [0.29, 0.717) is 12.3 Å². The Kier molecular flexibility index (Phi) is 5.37. The third-order valence-corrected chi connectivity index (χ3v) is 4.84. The summed E-state index contributed by atoms with van der Waals surface area (Å²) in [7, 11) is 0. The lowest BCUT2D eigenvalue weighted by Gasteiger charge is -2.33. The molecule has 0 atom stereocenters. The summed E-state index contributed by atoms with van der Waals surface area (Å²) in [6, 6.07) is 5.90. The minimum atomic E-state index is -0.119. The number of furan rings is 1. The largest absolute Gasteiger partial charge is 0.451 e. The summed E-state index contributed by atoms with van der Waals surface area (Å²) in [6.07, 6.45) is 2.18. The maximum atomic E-state index is 12.3. The number of halogens is 1. The van der Waals surface area contributed by atoms with Crippen LogP contribution in [-0.4, -0.2) is 25.5 Å². The predicted molar refractivity (Wildman–Crippen MR) is 95.5 cm³/mol.